The van der Waals surface area contributed by atoms with E-state index in [-0.39, 0.29) is 30.2 Å². The van der Waals surface area contributed by atoms with Crippen molar-refractivity contribution >= 4 is 28.2 Å². The largest absolute Gasteiger partial charge is 0.418 e. The van der Waals surface area contributed by atoms with E-state index in [4.69, 9.17) is 9.96 Å². The van der Waals surface area contributed by atoms with Gasteiger partial charge in [0.25, 0.3) is 0 Å². The van der Waals surface area contributed by atoms with Gasteiger partial charge < -0.3 is 15.5 Å². The molecule has 3 amide bonds. The van der Waals surface area contributed by atoms with Crippen molar-refractivity contribution in [2.24, 2.45) is 5.92 Å². The van der Waals surface area contributed by atoms with Crippen molar-refractivity contribution in [3.63, 3.8) is 0 Å². The highest BCUT2D eigenvalue weighted by Crippen LogP contribution is 2.32. The zero-order chi connectivity index (χ0) is 17.6. The van der Waals surface area contributed by atoms with Crippen LogP contribution in [0.2, 0.25) is 0 Å². The number of amidine groups is 1. The lowest BCUT2D eigenvalue weighted by molar-refractivity contribution is -0.121. The summed E-state index contributed by atoms with van der Waals surface area (Å²) < 4.78 is 34.8. The van der Waals surface area contributed by atoms with Crippen molar-refractivity contribution in [1.82, 2.24) is 20.6 Å². The first-order valence-corrected chi connectivity index (χ1v) is 8.91. The molecular weight excluding hydrogens is 342 g/mol. The van der Waals surface area contributed by atoms with Gasteiger partial charge in [-0.05, 0) is 26.3 Å². The minimum atomic E-state index is -4.80. The maximum atomic E-state index is 12.2. The predicted octanol–water partition coefficient (Wildman–Crippen LogP) is -1.31. The number of nitrogens with zero attached hydrogens (tertiary/aromatic N) is 2. The Balaban J connectivity index is 1.63. The van der Waals surface area contributed by atoms with E-state index in [1.165, 1.54) is 4.90 Å². The van der Waals surface area contributed by atoms with Crippen LogP contribution in [0.4, 0.5) is 4.79 Å². The minimum absolute atomic E-state index is 0.0951. The SMILES string of the molecule is CNC1CC1C(=O)NC(=N)[C@@H]1CC[C@@H]2CN1C(=O)N2OS(=O)(=O)O. The Morgan fingerprint density at radius 3 is 2.71 bits per heavy atom. The molecule has 0 aromatic heterocycles. The lowest BCUT2D eigenvalue weighted by Crippen LogP contribution is -2.51. The van der Waals surface area contributed by atoms with Crippen molar-refractivity contribution in [2.75, 3.05) is 13.6 Å². The third-order valence-corrected chi connectivity index (χ3v) is 4.94. The van der Waals surface area contributed by atoms with Gasteiger partial charge in [0.05, 0.1) is 18.0 Å². The molecule has 12 heteroatoms. The summed E-state index contributed by atoms with van der Waals surface area (Å²) in [6, 6.07) is -1.81. The summed E-state index contributed by atoms with van der Waals surface area (Å²) in [5, 5.41) is 14.2. The van der Waals surface area contributed by atoms with E-state index < -0.39 is 28.5 Å². The molecule has 2 heterocycles. The topological polar surface area (TPSA) is 152 Å². The van der Waals surface area contributed by atoms with Crippen LogP contribution < -0.4 is 10.6 Å². The Bertz CT molecular complexity index is 681. The molecule has 0 aromatic rings. The van der Waals surface area contributed by atoms with Crippen LogP contribution in [0.5, 0.6) is 0 Å². The Morgan fingerprint density at radius 2 is 2.12 bits per heavy atom. The van der Waals surface area contributed by atoms with E-state index in [2.05, 4.69) is 14.9 Å². The normalized spacial score (nSPS) is 32.0. The van der Waals surface area contributed by atoms with E-state index in [1.807, 2.05) is 0 Å². The van der Waals surface area contributed by atoms with Gasteiger partial charge in [0.2, 0.25) is 5.91 Å². The Labute approximate surface area is 138 Å². The smallest absolute Gasteiger partial charge is 0.316 e. The molecule has 2 aliphatic heterocycles. The third-order valence-electron chi connectivity index (χ3n) is 4.59. The quantitative estimate of drug-likeness (QED) is 0.269. The second-order valence-corrected chi connectivity index (χ2v) is 7.15. The standard InChI is InChI=1S/C12H19N5O6S/c1-14-8-4-7(8)11(18)15-10(13)9-3-2-6-5-16(9)12(19)17(6)23-24(20,21)22/h6-9,14H,2-5H2,1H3,(H2,13,15,18)(H,20,21,22)/t6-,7?,8?,9+/m1/s1. The first-order valence-electron chi connectivity index (χ1n) is 7.54. The van der Waals surface area contributed by atoms with Gasteiger partial charge in [-0.1, -0.05) is 0 Å². The summed E-state index contributed by atoms with van der Waals surface area (Å²) in [6.45, 7) is 0.167. The average molecular weight is 361 g/mol. The molecule has 0 spiro atoms. The Hall–Kier alpha value is -1.76. The molecule has 24 heavy (non-hydrogen) atoms. The Kier molecular flexibility index (Phi) is 4.23. The van der Waals surface area contributed by atoms with Crippen LogP contribution in [-0.4, -0.2) is 72.4 Å². The zero-order valence-electron chi connectivity index (χ0n) is 12.9. The highest BCUT2D eigenvalue weighted by molar-refractivity contribution is 7.80. The molecule has 4 atom stereocenters. The fraction of sp³-hybridized carbons (Fsp3) is 0.750. The molecule has 0 aromatic carbocycles. The summed E-state index contributed by atoms with van der Waals surface area (Å²) in [5.74, 6) is -0.540. The van der Waals surface area contributed by atoms with Crippen LogP contribution >= 0.6 is 0 Å². The van der Waals surface area contributed by atoms with Gasteiger partial charge in [-0.25, -0.2) is 4.79 Å². The maximum Gasteiger partial charge on any atom is 0.418 e. The number of carbonyl (C=O) groups excluding carboxylic acids is 2. The van der Waals surface area contributed by atoms with Crippen molar-refractivity contribution in [1.29, 1.82) is 5.41 Å². The molecule has 3 fully saturated rings. The first-order chi connectivity index (χ1) is 11.2. The molecule has 3 rings (SSSR count). The highest BCUT2D eigenvalue weighted by Gasteiger charge is 2.49. The third kappa shape index (κ3) is 3.22. The van der Waals surface area contributed by atoms with Crippen LogP contribution in [-0.2, 0) is 19.5 Å². The summed E-state index contributed by atoms with van der Waals surface area (Å²) in [6.07, 6.45) is 1.49. The summed E-state index contributed by atoms with van der Waals surface area (Å²) >= 11 is 0. The van der Waals surface area contributed by atoms with Crippen LogP contribution in [0.15, 0.2) is 0 Å². The van der Waals surface area contributed by atoms with Gasteiger partial charge in [0, 0.05) is 12.6 Å². The second kappa shape index (κ2) is 5.95. The minimum Gasteiger partial charge on any atom is -0.316 e. The van der Waals surface area contributed by atoms with Gasteiger partial charge in [-0.2, -0.15) is 13.5 Å². The number of urea groups is 1. The molecular formula is C12H19N5O6S. The summed E-state index contributed by atoms with van der Waals surface area (Å²) in [4.78, 5) is 25.5. The number of piperidine rings is 1. The van der Waals surface area contributed by atoms with Crippen molar-refractivity contribution in [3.05, 3.63) is 0 Å². The number of carbonyl (C=O) groups is 2. The van der Waals surface area contributed by atoms with Crippen LogP contribution in [0, 0.1) is 11.3 Å². The number of fused-ring (bicyclic) bond motifs is 2. The fourth-order valence-corrected chi connectivity index (χ4v) is 3.63. The van der Waals surface area contributed by atoms with Crippen molar-refractivity contribution in [2.45, 2.75) is 37.4 Å². The van der Waals surface area contributed by atoms with Crippen LogP contribution in [0.3, 0.4) is 0 Å². The van der Waals surface area contributed by atoms with Crippen LogP contribution in [0.1, 0.15) is 19.3 Å². The zero-order valence-corrected chi connectivity index (χ0v) is 13.7. The number of hydrogen-bond donors (Lipinski definition) is 4. The molecule has 1 saturated carbocycles. The average Bonchev–Trinajstić information content (AvgIpc) is 3.26. The maximum absolute atomic E-state index is 12.2. The molecule has 2 unspecified atom stereocenters. The van der Waals surface area contributed by atoms with E-state index in [9.17, 15) is 18.0 Å². The number of nitrogens with one attached hydrogen (secondary N) is 3. The van der Waals surface area contributed by atoms with Gasteiger partial charge >= 0.3 is 16.4 Å². The Morgan fingerprint density at radius 1 is 1.42 bits per heavy atom. The second-order valence-electron chi connectivity index (χ2n) is 6.15. The summed E-state index contributed by atoms with van der Waals surface area (Å²) in [5.41, 5.74) is 0. The van der Waals surface area contributed by atoms with Gasteiger partial charge in [0.1, 0.15) is 5.84 Å². The summed E-state index contributed by atoms with van der Waals surface area (Å²) in [7, 11) is -3.04. The lowest BCUT2D eigenvalue weighted by atomic mass is 10.00. The van der Waals surface area contributed by atoms with E-state index in [0.29, 0.717) is 24.3 Å². The highest BCUT2D eigenvalue weighted by atomic mass is 32.3. The van der Waals surface area contributed by atoms with E-state index >= 15 is 0 Å². The number of rotatable bonds is 5. The predicted molar refractivity (Wildman–Crippen MR) is 80.2 cm³/mol. The molecule has 1 aliphatic carbocycles. The first kappa shape index (κ1) is 17.1. The van der Waals surface area contributed by atoms with E-state index in [1.54, 1.807) is 7.05 Å². The molecule has 0 radical (unpaired) electrons. The fourth-order valence-electron chi connectivity index (χ4n) is 3.24. The number of hydroxylamine groups is 2. The molecule has 4 N–H and O–H groups in total. The van der Waals surface area contributed by atoms with Gasteiger partial charge in [0.15, 0.2) is 0 Å². The molecule has 3 aliphatic rings. The lowest BCUT2D eigenvalue weighted by Gasteiger charge is -2.30. The van der Waals surface area contributed by atoms with Gasteiger partial charge in [-0.3, -0.25) is 14.8 Å². The van der Waals surface area contributed by atoms with E-state index in [0.717, 1.165) is 0 Å². The van der Waals surface area contributed by atoms with Crippen molar-refractivity contribution in [3.8, 4) is 0 Å². The number of amides is 3. The van der Waals surface area contributed by atoms with Gasteiger partial charge in [-0.15, -0.1) is 4.28 Å². The monoisotopic (exact) mass is 361 g/mol. The van der Waals surface area contributed by atoms with Crippen molar-refractivity contribution < 1.29 is 26.8 Å². The molecule has 2 bridgehead atoms. The molecule has 2 saturated heterocycles. The number of hydrogen-bond acceptors (Lipinski definition) is 7. The van der Waals surface area contributed by atoms with Crippen LogP contribution in [0.25, 0.3) is 0 Å². The molecule has 134 valence electrons. The molecule has 11 nitrogen and oxygen atoms in total.